The quantitative estimate of drug-likeness (QED) is 0.864. The second-order valence-corrected chi connectivity index (χ2v) is 4.66. The summed E-state index contributed by atoms with van der Waals surface area (Å²) in [4.78, 5) is 0. The molecular formula is C18H18O2. The van der Waals surface area contributed by atoms with Crippen LogP contribution in [0.15, 0.2) is 42.5 Å². The molecular weight excluding hydrogens is 248 g/mol. The summed E-state index contributed by atoms with van der Waals surface area (Å²) in [5.41, 5.74) is 4.48. The maximum absolute atomic E-state index is 8.77. The average Bonchev–Trinajstić information content (AvgIpc) is 2.47. The van der Waals surface area contributed by atoms with Crippen molar-refractivity contribution in [3.05, 3.63) is 64.7 Å². The molecule has 1 N–H and O–H groups in total. The van der Waals surface area contributed by atoms with Crippen LogP contribution in [0.3, 0.4) is 0 Å². The Bertz CT molecular complexity index is 648. The number of aryl methyl sites for hydroxylation is 2. The minimum Gasteiger partial charge on any atom is -0.488 e. The fourth-order valence-electron chi connectivity index (χ4n) is 1.88. The van der Waals surface area contributed by atoms with Gasteiger partial charge in [0, 0.05) is 0 Å². The molecule has 0 atom stereocenters. The standard InChI is InChI=1S/C18H18O2/c1-14-9-10-16(12-15(14)2)13-20-18-8-4-3-6-17(18)7-5-11-19/h3-4,6,8-10,12,19H,11,13H2,1-2H3. The molecule has 0 aromatic heterocycles. The van der Waals surface area contributed by atoms with Gasteiger partial charge in [0.2, 0.25) is 0 Å². The smallest absolute Gasteiger partial charge is 0.135 e. The molecule has 2 heteroatoms. The summed E-state index contributed by atoms with van der Waals surface area (Å²) < 4.78 is 5.83. The van der Waals surface area contributed by atoms with Gasteiger partial charge in [-0.05, 0) is 42.7 Å². The van der Waals surface area contributed by atoms with E-state index in [0.29, 0.717) is 6.61 Å². The molecule has 2 rings (SSSR count). The number of hydrogen-bond acceptors (Lipinski definition) is 2. The van der Waals surface area contributed by atoms with Crippen molar-refractivity contribution in [3.8, 4) is 17.6 Å². The second-order valence-electron chi connectivity index (χ2n) is 4.66. The van der Waals surface area contributed by atoms with Crippen LogP contribution in [-0.4, -0.2) is 11.7 Å². The van der Waals surface area contributed by atoms with Crippen LogP contribution in [0.2, 0.25) is 0 Å². The predicted octanol–water partition coefficient (Wildman–Crippen LogP) is 3.23. The Morgan fingerprint density at radius 3 is 2.60 bits per heavy atom. The highest BCUT2D eigenvalue weighted by atomic mass is 16.5. The first-order valence-corrected chi connectivity index (χ1v) is 6.58. The lowest BCUT2D eigenvalue weighted by Crippen LogP contribution is -1.98. The molecule has 102 valence electrons. The summed E-state index contributed by atoms with van der Waals surface area (Å²) in [6.45, 7) is 4.56. The zero-order valence-electron chi connectivity index (χ0n) is 11.8. The largest absolute Gasteiger partial charge is 0.488 e. The monoisotopic (exact) mass is 266 g/mol. The van der Waals surface area contributed by atoms with Gasteiger partial charge in [0.25, 0.3) is 0 Å². The van der Waals surface area contributed by atoms with E-state index in [1.807, 2.05) is 24.3 Å². The molecule has 0 bridgehead atoms. The van der Waals surface area contributed by atoms with Gasteiger partial charge in [-0.2, -0.15) is 0 Å². The second kappa shape index (κ2) is 6.79. The fraction of sp³-hybridized carbons (Fsp3) is 0.222. The highest BCUT2D eigenvalue weighted by Gasteiger charge is 2.02. The number of para-hydroxylation sites is 1. The molecule has 20 heavy (non-hydrogen) atoms. The SMILES string of the molecule is Cc1ccc(COc2ccccc2C#CCO)cc1C. The van der Waals surface area contributed by atoms with Crippen LogP contribution >= 0.6 is 0 Å². The predicted molar refractivity (Wildman–Crippen MR) is 80.7 cm³/mol. The van der Waals surface area contributed by atoms with Gasteiger partial charge in [0.1, 0.15) is 19.0 Å². The van der Waals surface area contributed by atoms with E-state index in [-0.39, 0.29) is 6.61 Å². The van der Waals surface area contributed by atoms with E-state index >= 15 is 0 Å². The van der Waals surface area contributed by atoms with Crippen molar-refractivity contribution in [3.63, 3.8) is 0 Å². The molecule has 0 aliphatic rings. The van der Waals surface area contributed by atoms with E-state index < -0.39 is 0 Å². The normalized spacial score (nSPS) is 9.75. The van der Waals surface area contributed by atoms with E-state index in [1.54, 1.807) is 0 Å². The van der Waals surface area contributed by atoms with E-state index in [4.69, 9.17) is 9.84 Å². The van der Waals surface area contributed by atoms with Crippen LogP contribution in [0.4, 0.5) is 0 Å². The first-order valence-electron chi connectivity index (χ1n) is 6.58. The van der Waals surface area contributed by atoms with Gasteiger partial charge in [0.05, 0.1) is 5.56 Å². The van der Waals surface area contributed by atoms with Crippen molar-refractivity contribution in [1.82, 2.24) is 0 Å². The Balaban J connectivity index is 2.12. The van der Waals surface area contributed by atoms with Crippen molar-refractivity contribution in [2.24, 2.45) is 0 Å². The lowest BCUT2D eigenvalue weighted by molar-refractivity contribution is 0.305. The number of aliphatic hydroxyl groups is 1. The van der Waals surface area contributed by atoms with Crippen LogP contribution in [0, 0.1) is 25.7 Å². The number of rotatable bonds is 3. The van der Waals surface area contributed by atoms with E-state index in [1.165, 1.54) is 11.1 Å². The van der Waals surface area contributed by atoms with Crippen molar-refractivity contribution >= 4 is 0 Å². The van der Waals surface area contributed by atoms with E-state index in [9.17, 15) is 0 Å². The van der Waals surface area contributed by atoms with Gasteiger partial charge in [-0.15, -0.1) is 0 Å². The summed E-state index contributed by atoms with van der Waals surface area (Å²) in [6, 6.07) is 13.9. The zero-order valence-corrected chi connectivity index (χ0v) is 11.8. The molecule has 0 amide bonds. The molecule has 0 unspecified atom stereocenters. The zero-order chi connectivity index (χ0) is 14.4. The first kappa shape index (κ1) is 14.2. The summed E-state index contributed by atoms with van der Waals surface area (Å²) in [5, 5.41) is 8.77. The maximum atomic E-state index is 8.77. The minimum absolute atomic E-state index is 0.147. The minimum atomic E-state index is -0.147. The number of ether oxygens (including phenoxy) is 1. The Hall–Kier alpha value is -2.24. The average molecular weight is 266 g/mol. The topological polar surface area (TPSA) is 29.5 Å². The van der Waals surface area contributed by atoms with Gasteiger partial charge in [-0.1, -0.05) is 42.2 Å². The molecule has 0 heterocycles. The third kappa shape index (κ3) is 3.63. The molecule has 0 aliphatic carbocycles. The van der Waals surface area contributed by atoms with Crippen LogP contribution in [0.1, 0.15) is 22.3 Å². The molecule has 0 fully saturated rings. The third-order valence-electron chi connectivity index (χ3n) is 3.15. The number of hydrogen-bond donors (Lipinski definition) is 1. The van der Waals surface area contributed by atoms with Crippen LogP contribution in [-0.2, 0) is 6.61 Å². The summed E-state index contributed by atoms with van der Waals surface area (Å²) >= 11 is 0. The highest BCUT2D eigenvalue weighted by molar-refractivity contribution is 5.46. The molecule has 2 aromatic carbocycles. The fourth-order valence-corrected chi connectivity index (χ4v) is 1.88. The number of aliphatic hydroxyl groups excluding tert-OH is 1. The van der Waals surface area contributed by atoms with Crippen molar-refractivity contribution in [1.29, 1.82) is 0 Å². The van der Waals surface area contributed by atoms with E-state index in [0.717, 1.165) is 16.9 Å². The summed E-state index contributed by atoms with van der Waals surface area (Å²) in [7, 11) is 0. The molecule has 2 aromatic rings. The Labute approximate surface area is 120 Å². The molecule has 2 nitrogen and oxygen atoms in total. The van der Waals surface area contributed by atoms with Gasteiger partial charge < -0.3 is 9.84 Å². The third-order valence-corrected chi connectivity index (χ3v) is 3.15. The van der Waals surface area contributed by atoms with Gasteiger partial charge in [0.15, 0.2) is 0 Å². The molecule has 0 radical (unpaired) electrons. The van der Waals surface area contributed by atoms with Gasteiger partial charge in [-0.3, -0.25) is 0 Å². The Kier molecular flexibility index (Phi) is 4.81. The van der Waals surface area contributed by atoms with Gasteiger partial charge in [-0.25, -0.2) is 0 Å². The molecule has 0 saturated heterocycles. The summed E-state index contributed by atoms with van der Waals surface area (Å²) in [6.07, 6.45) is 0. The van der Waals surface area contributed by atoms with Crippen LogP contribution < -0.4 is 4.74 Å². The summed E-state index contributed by atoms with van der Waals surface area (Å²) in [5.74, 6) is 6.28. The van der Waals surface area contributed by atoms with Gasteiger partial charge >= 0.3 is 0 Å². The van der Waals surface area contributed by atoms with Crippen molar-refractivity contribution < 1.29 is 9.84 Å². The Morgan fingerprint density at radius 2 is 1.85 bits per heavy atom. The Morgan fingerprint density at radius 1 is 1.05 bits per heavy atom. The van der Waals surface area contributed by atoms with Crippen LogP contribution in [0.25, 0.3) is 0 Å². The van der Waals surface area contributed by atoms with Crippen molar-refractivity contribution in [2.45, 2.75) is 20.5 Å². The highest BCUT2D eigenvalue weighted by Crippen LogP contribution is 2.19. The first-order chi connectivity index (χ1) is 9.70. The molecule has 0 saturated carbocycles. The van der Waals surface area contributed by atoms with Crippen LogP contribution in [0.5, 0.6) is 5.75 Å². The molecule has 0 spiro atoms. The maximum Gasteiger partial charge on any atom is 0.135 e. The van der Waals surface area contributed by atoms with Crippen molar-refractivity contribution in [2.75, 3.05) is 6.61 Å². The lowest BCUT2D eigenvalue weighted by atomic mass is 10.1. The molecule has 0 aliphatic heterocycles. The number of benzene rings is 2. The lowest BCUT2D eigenvalue weighted by Gasteiger charge is -2.09. The van der Waals surface area contributed by atoms with E-state index in [2.05, 4.69) is 43.9 Å².